The summed E-state index contributed by atoms with van der Waals surface area (Å²) in [6, 6.07) is 16.8. The summed E-state index contributed by atoms with van der Waals surface area (Å²) in [7, 11) is 0. The normalized spacial score (nSPS) is 12.7. The summed E-state index contributed by atoms with van der Waals surface area (Å²) in [5, 5.41) is 0. The van der Waals surface area contributed by atoms with E-state index >= 15 is 0 Å². The quantitative estimate of drug-likeness (QED) is 0.230. The Morgan fingerprint density at radius 3 is 1.58 bits per heavy atom. The molecule has 192 valence electrons. The van der Waals surface area contributed by atoms with E-state index in [4.69, 9.17) is 11.3 Å². The number of para-hydroxylation sites is 1. The van der Waals surface area contributed by atoms with Crippen molar-refractivity contribution in [3.8, 4) is 5.75 Å². The smallest absolute Gasteiger partial charge is 0.509 e. The maximum atomic E-state index is 5.52. The molecule has 0 aliphatic carbocycles. The van der Waals surface area contributed by atoms with Crippen LogP contribution in [0.5, 0.6) is 5.75 Å². The topological polar surface area (TPSA) is 15.7 Å². The van der Waals surface area contributed by atoms with Gasteiger partial charge < -0.3 is 14.5 Å². The van der Waals surface area contributed by atoms with Crippen LogP contribution in [0.15, 0.2) is 48.5 Å². The molecule has 0 N–H and O–H groups in total. The van der Waals surface area contributed by atoms with Crippen molar-refractivity contribution >= 4 is 17.5 Å². The molecule has 0 saturated carbocycles. The number of hydrogen-bond donors (Lipinski definition) is 0. The Bertz CT molecular complexity index is 1080. The van der Waals surface area contributed by atoms with Gasteiger partial charge in [-0.2, -0.15) is 6.67 Å². The van der Waals surface area contributed by atoms with Crippen LogP contribution in [0, 0.1) is 54.8 Å². The monoisotopic (exact) mass is 570 g/mol. The maximum absolute atomic E-state index is 5.52. The Labute approximate surface area is 231 Å². The van der Waals surface area contributed by atoms with Gasteiger partial charge in [0.15, 0.2) is 0 Å². The van der Waals surface area contributed by atoms with Crippen molar-refractivity contribution in [3.05, 3.63) is 101 Å². The van der Waals surface area contributed by atoms with Crippen molar-refractivity contribution in [1.29, 1.82) is 0 Å². The number of aryl methyl sites for hydroxylation is 6. The van der Waals surface area contributed by atoms with E-state index in [2.05, 4.69) is 82.3 Å². The molecule has 4 heteroatoms. The van der Waals surface area contributed by atoms with E-state index in [1.807, 2.05) is 38.1 Å². The first-order valence-corrected chi connectivity index (χ1v) is 12.4. The van der Waals surface area contributed by atoms with Crippen LogP contribution in [0.25, 0.3) is 6.08 Å². The van der Waals surface area contributed by atoms with Crippen LogP contribution < -0.4 is 14.5 Å². The van der Waals surface area contributed by atoms with Crippen LogP contribution in [0.4, 0.5) is 11.4 Å². The molecule has 3 aromatic rings. The van der Waals surface area contributed by atoms with E-state index < -0.39 is 0 Å². The van der Waals surface area contributed by atoms with Crippen LogP contribution in [-0.2, 0) is 19.5 Å². The van der Waals surface area contributed by atoms with Crippen molar-refractivity contribution in [2.45, 2.75) is 61.5 Å². The SMILES string of the molecule is Cc1cc(C)c(N2[CH-]N(c3c(C)cc(C)cc3C)CC2)c(C)c1.[CH-]=Cc1ccccc1OC(C)C.[Ru+2]. The third-order valence-electron chi connectivity index (χ3n) is 6.17. The second kappa shape index (κ2) is 13.1. The molecule has 1 saturated heterocycles. The molecule has 0 unspecified atom stereocenters. The van der Waals surface area contributed by atoms with E-state index in [1.54, 1.807) is 6.08 Å². The largest absolute Gasteiger partial charge is 2.00 e. The van der Waals surface area contributed by atoms with Gasteiger partial charge in [-0.1, -0.05) is 47.5 Å². The van der Waals surface area contributed by atoms with Gasteiger partial charge in [-0.3, -0.25) is 6.58 Å². The Morgan fingerprint density at radius 1 is 0.778 bits per heavy atom. The number of rotatable bonds is 5. The molecular formula is C32H40N2ORu. The first-order valence-electron chi connectivity index (χ1n) is 12.4. The Kier molecular flexibility index (Phi) is 10.8. The van der Waals surface area contributed by atoms with E-state index in [0.717, 1.165) is 24.4 Å². The molecule has 1 aliphatic rings. The minimum Gasteiger partial charge on any atom is -0.509 e. The van der Waals surface area contributed by atoms with Gasteiger partial charge in [0.25, 0.3) is 0 Å². The number of nitrogens with zero attached hydrogens (tertiary/aromatic N) is 2. The molecule has 0 amide bonds. The van der Waals surface area contributed by atoms with Gasteiger partial charge in [-0.25, -0.2) is 6.08 Å². The zero-order valence-electron chi connectivity index (χ0n) is 23.0. The Balaban J connectivity index is 0.000000299. The third-order valence-corrected chi connectivity index (χ3v) is 6.17. The predicted octanol–water partition coefficient (Wildman–Crippen LogP) is 7.90. The van der Waals surface area contributed by atoms with Crippen molar-refractivity contribution in [2.75, 3.05) is 22.9 Å². The van der Waals surface area contributed by atoms with Gasteiger partial charge in [0.05, 0.1) is 6.10 Å². The van der Waals surface area contributed by atoms with Gasteiger partial charge in [0.2, 0.25) is 0 Å². The summed E-state index contributed by atoms with van der Waals surface area (Å²) in [5.41, 5.74) is 11.8. The zero-order valence-corrected chi connectivity index (χ0v) is 24.7. The van der Waals surface area contributed by atoms with Gasteiger partial charge in [0, 0.05) is 30.2 Å². The fourth-order valence-electron chi connectivity index (χ4n) is 5.07. The molecule has 0 radical (unpaired) electrons. The average molecular weight is 570 g/mol. The molecule has 4 rings (SSSR count). The molecule has 0 spiro atoms. The summed E-state index contributed by atoms with van der Waals surface area (Å²) in [5.74, 6) is 0.843. The molecule has 1 aliphatic heterocycles. The number of ether oxygens (including phenoxy) is 1. The number of hydrogen-bond acceptors (Lipinski definition) is 3. The Morgan fingerprint density at radius 2 is 1.19 bits per heavy atom. The zero-order chi connectivity index (χ0) is 25.7. The maximum Gasteiger partial charge on any atom is 2.00 e. The first kappa shape index (κ1) is 29.7. The average Bonchev–Trinajstić information content (AvgIpc) is 3.21. The summed E-state index contributed by atoms with van der Waals surface area (Å²) >= 11 is 0. The first-order chi connectivity index (χ1) is 16.6. The van der Waals surface area contributed by atoms with E-state index in [-0.39, 0.29) is 25.6 Å². The molecule has 3 aromatic carbocycles. The van der Waals surface area contributed by atoms with Gasteiger partial charge in [0.1, 0.15) is 0 Å². The fraction of sp³-hybridized carbons (Fsp3) is 0.344. The minimum absolute atomic E-state index is 0. The standard InChI is InChI=1S/C21H27N2.C11H13O.Ru/c1-14-9-16(3)20(17(4)10-14)22-7-8-23(13-22)21-18(5)11-15(2)12-19(21)6;1-4-10-7-5-6-8-11(10)12-9(2)3;/h9-13H,7-8H2,1-6H3;1,4-9H,2-3H3;/q2*-1;+2. The minimum atomic E-state index is 0. The summed E-state index contributed by atoms with van der Waals surface area (Å²) in [4.78, 5) is 4.81. The molecule has 0 aromatic heterocycles. The molecule has 1 fully saturated rings. The molecule has 0 bridgehead atoms. The third kappa shape index (κ3) is 7.23. The summed E-state index contributed by atoms with van der Waals surface area (Å²) < 4.78 is 5.52. The van der Waals surface area contributed by atoms with Crippen LogP contribution in [0.1, 0.15) is 52.8 Å². The van der Waals surface area contributed by atoms with Gasteiger partial charge >= 0.3 is 19.5 Å². The molecule has 36 heavy (non-hydrogen) atoms. The fourth-order valence-corrected chi connectivity index (χ4v) is 5.07. The second-order valence-electron chi connectivity index (χ2n) is 9.87. The van der Waals surface area contributed by atoms with E-state index in [9.17, 15) is 0 Å². The van der Waals surface area contributed by atoms with Crippen LogP contribution in [0.2, 0.25) is 0 Å². The Hall–Kier alpha value is -2.58. The second-order valence-corrected chi connectivity index (χ2v) is 9.87. The van der Waals surface area contributed by atoms with Gasteiger partial charge in [-0.05, 0) is 83.7 Å². The van der Waals surface area contributed by atoms with Crippen molar-refractivity contribution in [3.63, 3.8) is 0 Å². The van der Waals surface area contributed by atoms with Gasteiger partial charge in [-0.15, -0.1) is 11.6 Å². The van der Waals surface area contributed by atoms with E-state index in [1.165, 1.54) is 44.8 Å². The van der Waals surface area contributed by atoms with Crippen molar-refractivity contribution in [1.82, 2.24) is 0 Å². The van der Waals surface area contributed by atoms with Crippen LogP contribution >= 0.6 is 0 Å². The number of anilines is 2. The van der Waals surface area contributed by atoms with Crippen LogP contribution in [0.3, 0.4) is 0 Å². The number of benzene rings is 3. The molecule has 0 atom stereocenters. The molecule has 1 heterocycles. The van der Waals surface area contributed by atoms with Crippen molar-refractivity contribution < 1.29 is 24.2 Å². The predicted molar refractivity (Wildman–Crippen MR) is 151 cm³/mol. The summed E-state index contributed by atoms with van der Waals surface area (Å²) in [6.07, 6.45) is 1.74. The van der Waals surface area contributed by atoms with E-state index in [0.29, 0.717) is 0 Å². The van der Waals surface area contributed by atoms with Crippen LogP contribution in [-0.4, -0.2) is 19.2 Å². The molecular weight excluding hydrogens is 529 g/mol. The summed E-state index contributed by atoms with van der Waals surface area (Å²) in [6.45, 7) is 27.0. The molecule has 3 nitrogen and oxygen atoms in total. The van der Waals surface area contributed by atoms with Crippen molar-refractivity contribution in [2.24, 2.45) is 0 Å².